The molecule has 0 radical (unpaired) electrons. The van der Waals surface area contributed by atoms with Gasteiger partial charge in [-0.1, -0.05) is 0 Å². The topological polar surface area (TPSA) is 88.0 Å². The van der Waals surface area contributed by atoms with Crippen LogP contribution in [-0.4, -0.2) is 81.2 Å². The SMILES string of the molecule is Cc1c(N(CC(=O)N2CCOCC2)S(C)(=O)=O)c(N2CCCC2)nn1C. The second kappa shape index (κ2) is 7.43. The van der Waals surface area contributed by atoms with Crippen molar-refractivity contribution in [1.29, 1.82) is 0 Å². The van der Waals surface area contributed by atoms with E-state index in [4.69, 9.17) is 4.74 Å². The van der Waals surface area contributed by atoms with Crippen molar-refractivity contribution in [1.82, 2.24) is 14.7 Å². The zero-order valence-electron chi connectivity index (χ0n) is 15.6. The molecule has 0 bridgehead atoms. The predicted octanol–water partition coefficient (Wildman–Crippen LogP) is -0.0465. The van der Waals surface area contributed by atoms with Crippen LogP contribution >= 0.6 is 0 Å². The highest BCUT2D eigenvalue weighted by molar-refractivity contribution is 7.92. The Balaban J connectivity index is 1.94. The number of rotatable bonds is 5. The average molecular weight is 385 g/mol. The lowest BCUT2D eigenvalue weighted by Gasteiger charge is -2.30. The highest BCUT2D eigenvalue weighted by Crippen LogP contribution is 2.35. The fraction of sp³-hybridized carbons (Fsp3) is 0.750. The van der Waals surface area contributed by atoms with Crippen molar-refractivity contribution in [2.75, 3.05) is 61.4 Å². The second-order valence-electron chi connectivity index (χ2n) is 6.84. The van der Waals surface area contributed by atoms with E-state index < -0.39 is 10.0 Å². The summed E-state index contributed by atoms with van der Waals surface area (Å²) in [5.74, 6) is 0.428. The summed E-state index contributed by atoms with van der Waals surface area (Å²) in [6.07, 6.45) is 3.25. The molecule has 26 heavy (non-hydrogen) atoms. The summed E-state index contributed by atoms with van der Waals surface area (Å²) in [4.78, 5) is 16.5. The van der Waals surface area contributed by atoms with Gasteiger partial charge in [0.25, 0.3) is 0 Å². The maximum atomic E-state index is 12.7. The number of aryl methyl sites for hydroxylation is 1. The minimum Gasteiger partial charge on any atom is -0.378 e. The Kier molecular flexibility index (Phi) is 5.42. The third-order valence-corrected chi connectivity index (χ3v) is 6.09. The van der Waals surface area contributed by atoms with Gasteiger partial charge in [-0.05, 0) is 19.8 Å². The van der Waals surface area contributed by atoms with Crippen molar-refractivity contribution in [2.24, 2.45) is 7.05 Å². The molecule has 1 aromatic rings. The first-order chi connectivity index (χ1) is 12.3. The summed E-state index contributed by atoms with van der Waals surface area (Å²) < 4.78 is 33.3. The number of morpholine rings is 1. The zero-order chi connectivity index (χ0) is 18.9. The van der Waals surface area contributed by atoms with E-state index in [1.165, 1.54) is 4.31 Å². The number of hydrogen-bond acceptors (Lipinski definition) is 6. The quantitative estimate of drug-likeness (QED) is 0.706. The van der Waals surface area contributed by atoms with Gasteiger partial charge in [-0.15, -0.1) is 0 Å². The van der Waals surface area contributed by atoms with Gasteiger partial charge < -0.3 is 14.5 Å². The Hall–Kier alpha value is -1.81. The first-order valence-corrected chi connectivity index (χ1v) is 10.8. The molecule has 1 amide bonds. The minimum atomic E-state index is -3.64. The van der Waals surface area contributed by atoms with E-state index in [1.54, 1.807) is 16.6 Å². The minimum absolute atomic E-state index is 0.214. The van der Waals surface area contributed by atoms with E-state index in [0.29, 0.717) is 37.8 Å². The molecule has 2 fully saturated rings. The fourth-order valence-corrected chi connectivity index (χ4v) is 4.30. The third kappa shape index (κ3) is 3.80. The van der Waals surface area contributed by atoms with Crippen molar-refractivity contribution in [3.05, 3.63) is 5.69 Å². The standard InChI is InChI=1S/C16H27N5O4S/c1-13-15(16(17-18(13)2)20-6-4-5-7-20)21(26(3,23)24)12-14(22)19-8-10-25-11-9-19/h4-12H2,1-3H3. The number of hydrogen-bond donors (Lipinski definition) is 0. The molecule has 1 aromatic heterocycles. The van der Waals surface area contributed by atoms with Gasteiger partial charge >= 0.3 is 0 Å². The van der Waals surface area contributed by atoms with Crippen LogP contribution in [0.5, 0.6) is 0 Å². The molecule has 3 heterocycles. The Labute approximate surface area is 154 Å². The van der Waals surface area contributed by atoms with Crippen LogP contribution in [0.1, 0.15) is 18.5 Å². The van der Waals surface area contributed by atoms with Crippen molar-refractivity contribution in [3.63, 3.8) is 0 Å². The monoisotopic (exact) mass is 385 g/mol. The Morgan fingerprint density at radius 1 is 1.19 bits per heavy atom. The van der Waals surface area contributed by atoms with Crippen LogP contribution in [0.3, 0.4) is 0 Å². The van der Waals surface area contributed by atoms with Crippen LogP contribution in [0, 0.1) is 6.92 Å². The Morgan fingerprint density at radius 2 is 1.81 bits per heavy atom. The predicted molar refractivity (Wildman–Crippen MR) is 99.0 cm³/mol. The van der Waals surface area contributed by atoms with Crippen LogP contribution in [-0.2, 0) is 26.6 Å². The molecule has 2 aliphatic heterocycles. The summed E-state index contributed by atoms with van der Waals surface area (Å²) in [6, 6.07) is 0. The Bertz CT molecular complexity index is 764. The third-order valence-electron chi connectivity index (χ3n) is 4.98. The number of amides is 1. The van der Waals surface area contributed by atoms with Gasteiger partial charge in [0.05, 0.1) is 25.2 Å². The molecule has 0 aliphatic carbocycles. The summed E-state index contributed by atoms with van der Waals surface area (Å²) in [7, 11) is -1.84. The van der Waals surface area contributed by atoms with E-state index >= 15 is 0 Å². The van der Waals surface area contributed by atoms with E-state index in [9.17, 15) is 13.2 Å². The van der Waals surface area contributed by atoms with Gasteiger partial charge in [0.1, 0.15) is 12.2 Å². The molecule has 2 aliphatic rings. The van der Waals surface area contributed by atoms with Gasteiger partial charge in [0.15, 0.2) is 5.82 Å². The van der Waals surface area contributed by atoms with Crippen LogP contribution in [0.15, 0.2) is 0 Å². The molecule has 0 atom stereocenters. The van der Waals surface area contributed by atoms with Crippen LogP contribution < -0.4 is 9.21 Å². The first kappa shape index (κ1) is 19.0. The normalized spacial score (nSPS) is 18.4. The lowest BCUT2D eigenvalue weighted by molar-refractivity contribution is -0.133. The number of sulfonamides is 1. The van der Waals surface area contributed by atoms with Gasteiger partial charge in [0, 0.05) is 33.2 Å². The van der Waals surface area contributed by atoms with Crippen LogP contribution in [0.4, 0.5) is 11.5 Å². The maximum Gasteiger partial charge on any atom is 0.243 e. The molecule has 0 spiro atoms. The Morgan fingerprint density at radius 3 is 2.38 bits per heavy atom. The molecule has 0 N–H and O–H groups in total. The van der Waals surface area contributed by atoms with Gasteiger partial charge in [0.2, 0.25) is 15.9 Å². The number of anilines is 2. The highest BCUT2D eigenvalue weighted by Gasteiger charge is 2.32. The van der Waals surface area contributed by atoms with Gasteiger partial charge in [-0.2, -0.15) is 5.10 Å². The fourth-order valence-electron chi connectivity index (χ4n) is 3.41. The summed E-state index contributed by atoms with van der Waals surface area (Å²) in [6.45, 7) is 5.25. The summed E-state index contributed by atoms with van der Waals surface area (Å²) in [5.41, 5.74) is 1.24. The maximum absolute atomic E-state index is 12.7. The lowest BCUT2D eigenvalue weighted by Crippen LogP contribution is -2.47. The molecule has 0 aromatic carbocycles. The molecule has 2 saturated heterocycles. The van der Waals surface area contributed by atoms with E-state index in [2.05, 4.69) is 10.00 Å². The molecule has 0 unspecified atom stereocenters. The largest absolute Gasteiger partial charge is 0.378 e. The molecule has 10 heteroatoms. The van der Waals surface area contributed by atoms with Crippen molar-refractivity contribution >= 4 is 27.4 Å². The van der Waals surface area contributed by atoms with Crippen LogP contribution in [0.2, 0.25) is 0 Å². The lowest BCUT2D eigenvalue weighted by atomic mass is 10.3. The van der Waals surface area contributed by atoms with Crippen molar-refractivity contribution in [3.8, 4) is 0 Å². The summed E-state index contributed by atoms with van der Waals surface area (Å²) in [5, 5.41) is 4.54. The second-order valence-corrected chi connectivity index (χ2v) is 8.74. The first-order valence-electron chi connectivity index (χ1n) is 8.91. The number of nitrogens with zero attached hydrogens (tertiary/aromatic N) is 5. The van der Waals surface area contributed by atoms with Crippen LogP contribution in [0.25, 0.3) is 0 Å². The molecule has 146 valence electrons. The molecular weight excluding hydrogens is 358 g/mol. The van der Waals surface area contributed by atoms with E-state index in [1.807, 2.05) is 6.92 Å². The number of ether oxygens (including phenoxy) is 1. The molecule has 0 saturated carbocycles. The smallest absolute Gasteiger partial charge is 0.243 e. The average Bonchev–Trinajstić information content (AvgIpc) is 3.22. The molecule has 3 rings (SSSR count). The summed E-state index contributed by atoms with van der Waals surface area (Å²) >= 11 is 0. The van der Waals surface area contributed by atoms with Gasteiger partial charge in [-0.3, -0.25) is 13.8 Å². The number of carbonyl (C=O) groups is 1. The number of carbonyl (C=O) groups excluding carboxylic acids is 1. The highest BCUT2D eigenvalue weighted by atomic mass is 32.2. The van der Waals surface area contributed by atoms with Crippen molar-refractivity contribution < 1.29 is 17.9 Å². The van der Waals surface area contributed by atoms with E-state index in [0.717, 1.165) is 37.9 Å². The molecular formula is C16H27N5O4S. The van der Waals surface area contributed by atoms with Gasteiger partial charge in [-0.25, -0.2) is 8.42 Å². The van der Waals surface area contributed by atoms with E-state index in [-0.39, 0.29) is 12.5 Å². The molecule has 9 nitrogen and oxygen atoms in total. The number of aromatic nitrogens is 2. The van der Waals surface area contributed by atoms with Crippen molar-refractivity contribution in [2.45, 2.75) is 19.8 Å². The zero-order valence-corrected chi connectivity index (χ0v) is 16.5.